The molecular weight excluding hydrogens is 350 g/mol. The van der Waals surface area contributed by atoms with Gasteiger partial charge in [0.15, 0.2) is 0 Å². The summed E-state index contributed by atoms with van der Waals surface area (Å²) in [4.78, 5) is 15.5. The number of aromatic nitrogens is 2. The Bertz CT molecular complexity index is 861. The predicted octanol–water partition coefficient (Wildman–Crippen LogP) is 4.36. The molecule has 1 heterocycles. The molecule has 3 aromatic rings. The van der Waals surface area contributed by atoms with E-state index in [-0.39, 0.29) is 6.04 Å². The molecule has 0 aliphatic carbocycles. The number of unbranched alkanes of at least 4 members (excludes halogenated alkanes) is 1. The van der Waals surface area contributed by atoms with Gasteiger partial charge in [-0.15, -0.1) is 0 Å². The van der Waals surface area contributed by atoms with Gasteiger partial charge in [0.1, 0.15) is 11.6 Å². The van der Waals surface area contributed by atoms with Crippen molar-refractivity contribution in [1.29, 1.82) is 0 Å². The summed E-state index contributed by atoms with van der Waals surface area (Å²) >= 11 is 5.87. The second kappa shape index (κ2) is 8.72. The van der Waals surface area contributed by atoms with Crippen LogP contribution in [0.1, 0.15) is 31.6 Å². The van der Waals surface area contributed by atoms with Crippen molar-refractivity contribution in [2.75, 3.05) is 6.61 Å². The molecule has 0 saturated carbocycles. The van der Waals surface area contributed by atoms with E-state index >= 15 is 0 Å². The smallest absolute Gasteiger partial charge is 0.207 e. The van der Waals surface area contributed by atoms with E-state index in [1.165, 1.54) is 0 Å². The molecule has 26 heavy (non-hydrogen) atoms. The summed E-state index contributed by atoms with van der Waals surface area (Å²) < 4.78 is 7.92. The lowest BCUT2D eigenvalue weighted by molar-refractivity contribution is -0.110. The molecule has 6 heteroatoms. The maximum atomic E-state index is 10.8. The number of aryl methyl sites for hydroxylation is 1. The second-order valence-corrected chi connectivity index (χ2v) is 6.56. The van der Waals surface area contributed by atoms with Crippen LogP contribution in [0.4, 0.5) is 0 Å². The van der Waals surface area contributed by atoms with E-state index in [4.69, 9.17) is 16.3 Å². The fraction of sp³-hybridized carbons (Fsp3) is 0.300. The van der Waals surface area contributed by atoms with E-state index < -0.39 is 0 Å². The number of amides is 1. The van der Waals surface area contributed by atoms with Crippen LogP contribution in [0.5, 0.6) is 5.75 Å². The number of rotatable bonds is 9. The van der Waals surface area contributed by atoms with E-state index in [0.29, 0.717) is 18.0 Å². The summed E-state index contributed by atoms with van der Waals surface area (Å²) in [5, 5.41) is 3.50. The van der Waals surface area contributed by atoms with Crippen molar-refractivity contribution in [2.45, 2.75) is 32.4 Å². The second-order valence-electron chi connectivity index (χ2n) is 6.13. The number of hydrogen-bond acceptors (Lipinski definition) is 3. The molecule has 136 valence electrons. The molecule has 0 aliphatic rings. The van der Waals surface area contributed by atoms with Gasteiger partial charge < -0.3 is 14.6 Å². The topological polar surface area (TPSA) is 56.2 Å². The summed E-state index contributed by atoms with van der Waals surface area (Å²) in [7, 11) is 0. The third-order valence-corrected chi connectivity index (χ3v) is 4.50. The Morgan fingerprint density at radius 2 is 1.96 bits per heavy atom. The van der Waals surface area contributed by atoms with E-state index in [0.717, 1.165) is 42.0 Å². The molecule has 3 rings (SSSR count). The number of ether oxygens (including phenoxy) is 1. The minimum absolute atomic E-state index is 0.134. The lowest BCUT2D eigenvalue weighted by Gasteiger charge is -2.14. The number of para-hydroxylation sites is 2. The van der Waals surface area contributed by atoms with Crippen LogP contribution >= 0.6 is 11.6 Å². The zero-order valence-corrected chi connectivity index (χ0v) is 15.4. The summed E-state index contributed by atoms with van der Waals surface area (Å²) in [6, 6.07) is 15.3. The van der Waals surface area contributed by atoms with Gasteiger partial charge >= 0.3 is 0 Å². The quantitative estimate of drug-likeness (QED) is 0.449. The Morgan fingerprint density at radius 3 is 2.73 bits per heavy atom. The van der Waals surface area contributed by atoms with Crippen LogP contribution in [-0.4, -0.2) is 22.6 Å². The van der Waals surface area contributed by atoms with Crippen LogP contribution in [0, 0.1) is 0 Å². The Morgan fingerprint density at radius 1 is 1.19 bits per heavy atom. The first-order valence-electron chi connectivity index (χ1n) is 8.72. The molecule has 1 atom stereocenters. The van der Waals surface area contributed by atoms with Crippen molar-refractivity contribution >= 4 is 29.0 Å². The van der Waals surface area contributed by atoms with Crippen LogP contribution in [-0.2, 0) is 11.3 Å². The Balaban J connectivity index is 1.61. The van der Waals surface area contributed by atoms with Crippen LogP contribution in [0.15, 0.2) is 48.5 Å². The predicted molar refractivity (Wildman–Crippen MR) is 104 cm³/mol. The molecule has 0 aliphatic heterocycles. The summed E-state index contributed by atoms with van der Waals surface area (Å²) in [5.74, 6) is 1.70. The summed E-state index contributed by atoms with van der Waals surface area (Å²) in [6.45, 7) is 3.41. The molecular formula is C20H22ClN3O2. The van der Waals surface area contributed by atoms with Gasteiger partial charge in [-0.2, -0.15) is 0 Å². The molecule has 1 aromatic heterocycles. The minimum Gasteiger partial charge on any atom is -0.494 e. The minimum atomic E-state index is -0.134. The molecule has 1 N–H and O–H groups in total. The average Bonchev–Trinajstić information content (AvgIpc) is 3.02. The highest BCUT2D eigenvalue weighted by Crippen LogP contribution is 2.21. The Kier molecular flexibility index (Phi) is 6.12. The zero-order chi connectivity index (χ0) is 18.4. The third-order valence-electron chi connectivity index (χ3n) is 4.25. The number of carbonyl (C=O) groups is 1. The van der Waals surface area contributed by atoms with Gasteiger partial charge in [-0.05, 0) is 56.2 Å². The van der Waals surface area contributed by atoms with Crippen molar-refractivity contribution in [1.82, 2.24) is 14.9 Å². The Labute approximate surface area is 157 Å². The van der Waals surface area contributed by atoms with Crippen LogP contribution in [0.3, 0.4) is 0 Å². The highest BCUT2D eigenvalue weighted by Gasteiger charge is 2.15. The lowest BCUT2D eigenvalue weighted by atomic mass is 10.2. The van der Waals surface area contributed by atoms with Crippen molar-refractivity contribution < 1.29 is 9.53 Å². The summed E-state index contributed by atoms with van der Waals surface area (Å²) in [5.41, 5.74) is 2.03. The number of hydrogen-bond donors (Lipinski definition) is 1. The molecule has 0 spiro atoms. The number of nitrogens with one attached hydrogen (secondary N) is 1. The first-order valence-corrected chi connectivity index (χ1v) is 9.10. The Hall–Kier alpha value is -2.53. The lowest BCUT2D eigenvalue weighted by Crippen LogP contribution is -2.20. The average molecular weight is 372 g/mol. The standard InChI is InChI=1S/C20H22ClN3O2/c1-15(22-14-25)20-23-18-6-2-3-7-19(18)24(20)12-4-5-13-26-17-10-8-16(21)9-11-17/h2-3,6-11,14-15H,4-5,12-13H2,1H3,(H,22,25)/t15-/m0/s1. The fourth-order valence-corrected chi connectivity index (χ4v) is 3.06. The van der Waals surface area contributed by atoms with E-state index in [1.54, 1.807) is 0 Å². The van der Waals surface area contributed by atoms with Crippen LogP contribution in [0.2, 0.25) is 5.02 Å². The van der Waals surface area contributed by atoms with E-state index in [9.17, 15) is 4.79 Å². The number of fused-ring (bicyclic) bond motifs is 1. The summed E-state index contributed by atoms with van der Waals surface area (Å²) in [6.07, 6.45) is 2.59. The van der Waals surface area contributed by atoms with Crippen molar-refractivity contribution in [3.63, 3.8) is 0 Å². The molecule has 5 nitrogen and oxygen atoms in total. The molecule has 0 unspecified atom stereocenters. The maximum absolute atomic E-state index is 10.8. The molecule has 0 fully saturated rings. The number of nitrogens with zero attached hydrogens (tertiary/aromatic N) is 2. The first-order chi connectivity index (χ1) is 12.7. The van der Waals surface area contributed by atoms with Crippen molar-refractivity contribution in [3.05, 3.63) is 59.4 Å². The maximum Gasteiger partial charge on any atom is 0.207 e. The van der Waals surface area contributed by atoms with Gasteiger partial charge in [0.05, 0.1) is 23.7 Å². The molecule has 0 saturated heterocycles. The third kappa shape index (κ3) is 4.35. The first kappa shape index (κ1) is 18.3. The molecule has 1 amide bonds. The van der Waals surface area contributed by atoms with Gasteiger partial charge in [0.2, 0.25) is 6.41 Å². The van der Waals surface area contributed by atoms with E-state index in [2.05, 4.69) is 20.9 Å². The normalized spacial score (nSPS) is 12.1. The van der Waals surface area contributed by atoms with E-state index in [1.807, 2.05) is 49.4 Å². The van der Waals surface area contributed by atoms with Crippen LogP contribution < -0.4 is 10.1 Å². The van der Waals surface area contributed by atoms with Crippen molar-refractivity contribution in [2.24, 2.45) is 0 Å². The number of carbonyl (C=O) groups excluding carboxylic acids is 1. The number of halogens is 1. The van der Waals surface area contributed by atoms with Gasteiger partial charge in [-0.3, -0.25) is 4.79 Å². The van der Waals surface area contributed by atoms with Gasteiger partial charge in [-0.1, -0.05) is 23.7 Å². The van der Waals surface area contributed by atoms with Crippen molar-refractivity contribution in [3.8, 4) is 5.75 Å². The van der Waals surface area contributed by atoms with Gasteiger partial charge in [0.25, 0.3) is 0 Å². The highest BCUT2D eigenvalue weighted by molar-refractivity contribution is 6.30. The molecule has 0 bridgehead atoms. The number of benzene rings is 2. The number of imidazole rings is 1. The van der Waals surface area contributed by atoms with Crippen LogP contribution in [0.25, 0.3) is 11.0 Å². The highest BCUT2D eigenvalue weighted by atomic mass is 35.5. The molecule has 0 radical (unpaired) electrons. The van der Waals surface area contributed by atoms with Gasteiger partial charge in [0, 0.05) is 11.6 Å². The zero-order valence-electron chi connectivity index (χ0n) is 14.7. The monoisotopic (exact) mass is 371 g/mol. The van der Waals surface area contributed by atoms with Gasteiger partial charge in [-0.25, -0.2) is 4.98 Å². The fourth-order valence-electron chi connectivity index (χ4n) is 2.93. The molecule has 2 aromatic carbocycles. The SMILES string of the molecule is C[C@H](NC=O)c1nc2ccccc2n1CCCCOc1ccc(Cl)cc1. The largest absolute Gasteiger partial charge is 0.494 e.